The van der Waals surface area contributed by atoms with Gasteiger partial charge in [-0.25, -0.2) is 4.79 Å². The summed E-state index contributed by atoms with van der Waals surface area (Å²) in [5, 5.41) is 9.71. The zero-order valence-corrected chi connectivity index (χ0v) is 51.0. The van der Waals surface area contributed by atoms with Crippen LogP contribution in [0, 0.1) is 0 Å². The van der Waals surface area contributed by atoms with Gasteiger partial charge in [-0.3, -0.25) is 9.59 Å². The molecule has 448 valence electrons. The average molecular weight is 1100 g/mol. The molecule has 0 fully saturated rings. The number of esters is 2. The van der Waals surface area contributed by atoms with Crippen LogP contribution in [0.5, 0.6) is 0 Å². The van der Waals surface area contributed by atoms with Crippen molar-refractivity contribution in [1.82, 2.24) is 0 Å². The van der Waals surface area contributed by atoms with Crippen molar-refractivity contribution in [2.45, 2.75) is 245 Å². The van der Waals surface area contributed by atoms with Gasteiger partial charge in [-0.1, -0.05) is 250 Å². The lowest BCUT2D eigenvalue weighted by atomic mass is 10.0. The second-order valence-corrected chi connectivity index (χ2v) is 21.6. The molecule has 0 saturated carbocycles. The van der Waals surface area contributed by atoms with Crippen LogP contribution >= 0.6 is 0 Å². The Kier molecular flexibility index (Phi) is 56.1. The normalized spacial score (nSPS) is 13.7. The molecule has 2 unspecified atom stereocenters. The van der Waals surface area contributed by atoms with Crippen LogP contribution in [0.4, 0.5) is 0 Å². The maximum absolute atomic E-state index is 12.9. The van der Waals surface area contributed by atoms with Crippen LogP contribution in [-0.4, -0.2) is 87.4 Å². The zero-order valence-electron chi connectivity index (χ0n) is 51.0. The van der Waals surface area contributed by atoms with Crippen LogP contribution in [-0.2, 0) is 33.3 Å². The van der Waals surface area contributed by atoms with Crippen LogP contribution in [0.1, 0.15) is 232 Å². The number of ether oxygens (including phenoxy) is 4. The van der Waals surface area contributed by atoms with Gasteiger partial charge >= 0.3 is 17.9 Å². The van der Waals surface area contributed by atoms with E-state index < -0.39 is 30.3 Å². The van der Waals surface area contributed by atoms with E-state index >= 15 is 0 Å². The Morgan fingerprint density at radius 1 is 0.380 bits per heavy atom. The molecule has 9 nitrogen and oxygen atoms in total. The third-order valence-corrected chi connectivity index (χ3v) is 12.9. The topological polar surface area (TPSA) is 108 Å². The standard InChI is InChI=1S/C70H115NO8/c1-6-8-10-12-14-16-18-20-22-24-25-26-27-28-29-30-31-32-33-34-35-36-37-38-39-40-41-42-43-45-47-49-51-53-55-57-59-61-68(73)79-66(65-78-70(69(74)75)76-63-62-71(3,4)5)64-77-67(72)60-58-56-54-52-50-48-46-44-23-21-19-17-15-13-11-9-7-2/h8-11,14-17,20-23,25-26,28-29,31-32,46,48,52,54,66,70H,6-7,12-13,18-19,24,27,30,33-45,47,49-51,53,55-65H2,1-5H3/p+1/b10-8-,11-9-,16-14-,17-15-,22-20-,23-21-,26-25-,29-28-,32-31-,48-46-,54-52-. The van der Waals surface area contributed by atoms with Gasteiger partial charge in [0.25, 0.3) is 6.29 Å². The molecule has 0 aromatic rings. The van der Waals surface area contributed by atoms with E-state index in [2.05, 4.69) is 148 Å². The fourth-order valence-electron chi connectivity index (χ4n) is 8.17. The van der Waals surface area contributed by atoms with Crippen molar-refractivity contribution in [3.8, 4) is 0 Å². The second kappa shape index (κ2) is 59.5. The summed E-state index contributed by atoms with van der Waals surface area (Å²) >= 11 is 0. The summed E-state index contributed by atoms with van der Waals surface area (Å²) in [6.07, 6.45) is 82.8. The Balaban J connectivity index is 4.13. The highest BCUT2D eigenvalue weighted by atomic mass is 16.7. The third-order valence-electron chi connectivity index (χ3n) is 12.9. The lowest BCUT2D eigenvalue weighted by Gasteiger charge is -2.25. The first-order chi connectivity index (χ1) is 38.6. The van der Waals surface area contributed by atoms with Crippen molar-refractivity contribution in [2.24, 2.45) is 0 Å². The van der Waals surface area contributed by atoms with Crippen LogP contribution in [0.25, 0.3) is 0 Å². The van der Waals surface area contributed by atoms with Crippen molar-refractivity contribution in [2.75, 3.05) is 47.5 Å². The lowest BCUT2D eigenvalue weighted by Crippen LogP contribution is -2.40. The Morgan fingerprint density at radius 3 is 1.05 bits per heavy atom. The highest BCUT2D eigenvalue weighted by Gasteiger charge is 2.25. The van der Waals surface area contributed by atoms with Gasteiger partial charge in [-0.05, 0) is 103 Å². The summed E-state index contributed by atoms with van der Waals surface area (Å²) < 4.78 is 22.8. The fraction of sp³-hybridized carbons (Fsp3) is 0.643. The van der Waals surface area contributed by atoms with Gasteiger partial charge in [-0.15, -0.1) is 0 Å². The minimum Gasteiger partial charge on any atom is -0.477 e. The van der Waals surface area contributed by atoms with Gasteiger partial charge < -0.3 is 28.5 Å². The summed E-state index contributed by atoms with van der Waals surface area (Å²) in [6, 6.07) is 0. The van der Waals surface area contributed by atoms with Gasteiger partial charge in [0.05, 0.1) is 34.4 Å². The first-order valence-electron chi connectivity index (χ1n) is 31.3. The molecule has 0 heterocycles. The lowest BCUT2D eigenvalue weighted by molar-refractivity contribution is -0.870. The SMILES string of the molecule is CC/C=C\C/C=C\C/C=C\C/C=C\C/C=C\C/C=C\CCCCCCCCCCCCCCCCCCCCC(=O)OC(COC(=O)CCC/C=C\C/C=C\C/C=C\C/C=C\C/C=C\CC)COC(OCC[N+](C)(C)C)C(=O)O. The zero-order chi connectivity index (χ0) is 57.6. The number of carbonyl (C=O) groups is 3. The molecule has 0 aromatic heterocycles. The Hall–Kier alpha value is -4.57. The van der Waals surface area contributed by atoms with Gasteiger partial charge in [-0.2, -0.15) is 0 Å². The molecule has 0 bridgehead atoms. The fourth-order valence-corrected chi connectivity index (χ4v) is 8.17. The highest BCUT2D eigenvalue weighted by molar-refractivity contribution is 5.71. The maximum Gasteiger partial charge on any atom is 0.361 e. The van der Waals surface area contributed by atoms with Crippen molar-refractivity contribution < 1.29 is 42.9 Å². The summed E-state index contributed by atoms with van der Waals surface area (Å²) in [7, 11) is 5.95. The van der Waals surface area contributed by atoms with Crippen molar-refractivity contribution in [1.29, 1.82) is 0 Å². The molecular formula is C70H116NO8+. The van der Waals surface area contributed by atoms with Crippen LogP contribution in [0.3, 0.4) is 0 Å². The first-order valence-corrected chi connectivity index (χ1v) is 31.3. The molecule has 0 saturated heterocycles. The highest BCUT2D eigenvalue weighted by Crippen LogP contribution is 2.16. The van der Waals surface area contributed by atoms with Crippen molar-refractivity contribution >= 4 is 17.9 Å². The summed E-state index contributed by atoms with van der Waals surface area (Å²) in [5.41, 5.74) is 0. The molecule has 9 heteroatoms. The molecule has 79 heavy (non-hydrogen) atoms. The predicted molar refractivity (Wildman–Crippen MR) is 336 cm³/mol. The van der Waals surface area contributed by atoms with E-state index in [1.165, 1.54) is 96.3 Å². The molecule has 0 aliphatic carbocycles. The number of hydrogen-bond donors (Lipinski definition) is 1. The van der Waals surface area contributed by atoms with Gasteiger partial charge in [0.15, 0.2) is 6.10 Å². The first kappa shape index (κ1) is 74.4. The summed E-state index contributed by atoms with van der Waals surface area (Å²) in [6.45, 7) is 4.57. The third kappa shape index (κ3) is 60.9. The Morgan fingerprint density at radius 2 is 0.696 bits per heavy atom. The number of unbranched alkanes of at least 4 members (excludes halogenated alkanes) is 19. The van der Waals surface area contributed by atoms with E-state index in [0.29, 0.717) is 23.9 Å². The van der Waals surface area contributed by atoms with Crippen molar-refractivity contribution in [3.63, 3.8) is 0 Å². The Bertz CT molecular complexity index is 1750. The van der Waals surface area contributed by atoms with E-state index in [9.17, 15) is 19.5 Å². The van der Waals surface area contributed by atoms with Gasteiger partial charge in [0.1, 0.15) is 13.2 Å². The maximum atomic E-state index is 12.9. The molecule has 0 amide bonds. The number of hydrogen-bond acceptors (Lipinski definition) is 7. The number of carboxylic acids is 1. The van der Waals surface area contributed by atoms with Gasteiger partial charge in [0.2, 0.25) is 0 Å². The Labute approximate surface area is 484 Å². The van der Waals surface area contributed by atoms with E-state index in [1.54, 1.807) is 0 Å². The predicted octanol–water partition coefficient (Wildman–Crippen LogP) is 19.0. The molecule has 1 N–H and O–H groups in total. The quantitative estimate of drug-likeness (QED) is 0.0211. The van der Waals surface area contributed by atoms with Crippen molar-refractivity contribution in [3.05, 3.63) is 134 Å². The molecule has 0 aliphatic rings. The molecule has 0 radical (unpaired) electrons. The largest absolute Gasteiger partial charge is 0.477 e. The van der Waals surface area contributed by atoms with Crippen LogP contribution < -0.4 is 0 Å². The van der Waals surface area contributed by atoms with Gasteiger partial charge in [0, 0.05) is 12.8 Å². The number of aliphatic carboxylic acids is 1. The van der Waals surface area contributed by atoms with E-state index in [-0.39, 0.29) is 32.7 Å². The number of rotatable bonds is 56. The minimum absolute atomic E-state index is 0.173. The average Bonchev–Trinajstić information content (AvgIpc) is 3.42. The number of quaternary nitrogens is 1. The summed E-state index contributed by atoms with van der Waals surface area (Å²) in [4.78, 5) is 37.4. The number of nitrogens with zero attached hydrogens (tertiary/aromatic N) is 1. The summed E-state index contributed by atoms with van der Waals surface area (Å²) in [5.74, 6) is -2.09. The number of likely N-dealkylation sites (N-methyl/N-ethyl adjacent to an activating group) is 1. The van der Waals surface area contributed by atoms with Crippen LogP contribution in [0.15, 0.2) is 134 Å². The molecule has 0 aromatic carbocycles. The van der Waals surface area contributed by atoms with Crippen LogP contribution in [0.2, 0.25) is 0 Å². The molecule has 0 rings (SSSR count). The smallest absolute Gasteiger partial charge is 0.361 e. The number of allylic oxidation sites excluding steroid dienone is 22. The van der Waals surface area contributed by atoms with E-state index in [1.807, 2.05) is 21.1 Å². The molecular weight excluding hydrogens is 983 g/mol. The number of carbonyl (C=O) groups excluding carboxylic acids is 2. The van der Waals surface area contributed by atoms with E-state index in [4.69, 9.17) is 18.9 Å². The monoisotopic (exact) mass is 1100 g/mol. The molecule has 0 aliphatic heterocycles. The van der Waals surface area contributed by atoms with E-state index in [0.717, 1.165) is 96.3 Å². The second-order valence-electron chi connectivity index (χ2n) is 21.6. The molecule has 2 atom stereocenters. The number of carboxylic acid groups (broad SMARTS) is 1. The molecule has 0 spiro atoms. The minimum atomic E-state index is -1.53.